The Kier molecular flexibility index (Phi) is 3.41. The minimum Gasteiger partial charge on any atom is -0.476 e. The molecule has 1 aromatic heterocycles. The molecule has 0 bridgehead atoms. The summed E-state index contributed by atoms with van der Waals surface area (Å²) in [6.45, 7) is 3.55. The van der Waals surface area contributed by atoms with Gasteiger partial charge in [0.15, 0.2) is 0 Å². The summed E-state index contributed by atoms with van der Waals surface area (Å²) in [5.74, 6) is -2.69. The van der Waals surface area contributed by atoms with Gasteiger partial charge in [0.05, 0.1) is 0 Å². The van der Waals surface area contributed by atoms with Crippen molar-refractivity contribution in [3.63, 3.8) is 0 Å². The van der Waals surface area contributed by atoms with Crippen molar-refractivity contribution in [2.24, 2.45) is 5.92 Å². The zero-order chi connectivity index (χ0) is 10.7. The third-order valence-corrected chi connectivity index (χ3v) is 2.69. The number of hydrogen-bond acceptors (Lipinski definition) is 2. The maximum absolute atomic E-state index is 13.3. The zero-order valence-electron chi connectivity index (χ0n) is 7.95. The standard InChI is InChI=1S/C10H11FO2S/c1-6(2)8(9(11)10(12)13)7-4-3-5-14-7/h3-6H,1-2H3,(H,12,13)/b9-8-. The molecule has 2 nitrogen and oxygen atoms in total. The van der Waals surface area contributed by atoms with Crippen LogP contribution in [0.4, 0.5) is 4.39 Å². The third kappa shape index (κ3) is 2.20. The van der Waals surface area contributed by atoms with Gasteiger partial charge >= 0.3 is 5.97 Å². The number of rotatable bonds is 3. The molecule has 0 amide bonds. The summed E-state index contributed by atoms with van der Waals surface area (Å²) in [4.78, 5) is 11.2. The minimum atomic E-state index is -1.50. The number of thiophene rings is 1. The lowest BCUT2D eigenvalue weighted by Gasteiger charge is -2.09. The number of allylic oxidation sites excluding steroid dienone is 1. The van der Waals surface area contributed by atoms with E-state index in [-0.39, 0.29) is 11.5 Å². The van der Waals surface area contributed by atoms with Crippen LogP contribution in [0.2, 0.25) is 0 Å². The van der Waals surface area contributed by atoms with Crippen LogP contribution in [0.1, 0.15) is 18.7 Å². The maximum Gasteiger partial charge on any atom is 0.365 e. The first-order valence-electron chi connectivity index (χ1n) is 4.21. The highest BCUT2D eigenvalue weighted by atomic mass is 32.1. The molecule has 0 aliphatic heterocycles. The maximum atomic E-state index is 13.3. The third-order valence-electron chi connectivity index (χ3n) is 1.79. The van der Waals surface area contributed by atoms with E-state index >= 15 is 0 Å². The van der Waals surface area contributed by atoms with E-state index in [2.05, 4.69) is 0 Å². The molecule has 1 rings (SSSR count). The second kappa shape index (κ2) is 4.37. The molecular weight excluding hydrogens is 203 g/mol. The van der Waals surface area contributed by atoms with Gasteiger partial charge in [0.2, 0.25) is 5.83 Å². The molecule has 0 fully saturated rings. The van der Waals surface area contributed by atoms with Gasteiger partial charge in [0.1, 0.15) is 0 Å². The van der Waals surface area contributed by atoms with E-state index in [1.807, 2.05) is 0 Å². The fraction of sp³-hybridized carbons (Fsp3) is 0.300. The van der Waals surface area contributed by atoms with Crippen molar-refractivity contribution < 1.29 is 14.3 Å². The molecule has 1 heterocycles. The van der Waals surface area contributed by atoms with Crippen molar-refractivity contribution >= 4 is 22.9 Å². The molecule has 14 heavy (non-hydrogen) atoms. The van der Waals surface area contributed by atoms with E-state index in [4.69, 9.17) is 5.11 Å². The summed E-state index contributed by atoms with van der Waals surface area (Å²) in [7, 11) is 0. The van der Waals surface area contributed by atoms with Crippen LogP contribution in [0, 0.1) is 5.92 Å². The Labute approximate surface area is 85.7 Å². The van der Waals surface area contributed by atoms with Crippen LogP contribution >= 0.6 is 11.3 Å². The summed E-state index contributed by atoms with van der Waals surface area (Å²) in [6, 6.07) is 3.50. The zero-order valence-corrected chi connectivity index (χ0v) is 8.77. The van der Waals surface area contributed by atoms with Crippen LogP contribution in [0.3, 0.4) is 0 Å². The van der Waals surface area contributed by atoms with Crippen molar-refractivity contribution in [1.29, 1.82) is 0 Å². The second-order valence-corrected chi connectivity index (χ2v) is 4.11. The Hall–Kier alpha value is -1.16. The Balaban J connectivity index is 3.21. The average Bonchev–Trinajstić information content (AvgIpc) is 2.56. The number of hydrogen-bond donors (Lipinski definition) is 1. The molecule has 0 saturated heterocycles. The van der Waals surface area contributed by atoms with Crippen molar-refractivity contribution in [2.75, 3.05) is 0 Å². The highest BCUT2D eigenvalue weighted by Crippen LogP contribution is 2.30. The SMILES string of the molecule is CC(C)/C(=C(/F)C(=O)O)c1cccs1. The van der Waals surface area contributed by atoms with E-state index in [0.717, 1.165) is 0 Å². The fourth-order valence-corrected chi connectivity index (χ4v) is 2.11. The van der Waals surface area contributed by atoms with Crippen LogP contribution in [0.15, 0.2) is 23.3 Å². The van der Waals surface area contributed by atoms with Crippen LogP contribution in [0.25, 0.3) is 5.57 Å². The highest BCUT2D eigenvalue weighted by Gasteiger charge is 2.19. The first-order valence-corrected chi connectivity index (χ1v) is 5.08. The topological polar surface area (TPSA) is 37.3 Å². The first-order chi connectivity index (χ1) is 6.54. The molecule has 0 aromatic carbocycles. The molecule has 0 radical (unpaired) electrons. The Morgan fingerprint density at radius 3 is 2.57 bits per heavy atom. The molecule has 0 unspecified atom stereocenters. The minimum absolute atomic E-state index is 0.134. The number of carboxylic acid groups (broad SMARTS) is 1. The molecule has 0 aliphatic rings. The molecule has 76 valence electrons. The van der Waals surface area contributed by atoms with Gasteiger partial charge < -0.3 is 5.11 Å². The second-order valence-electron chi connectivity index (χ2n) is 3.16. The average molecular weight is 214 g/mol. The molecule has 1 N–H and O–H groups in total. The van der Waals surface area contributed by atoms with Crippen molar-refractivity contribution in [3.05, 3.63) is 28.2 Å². The monoisotopic (exact) mass is 214 g/mol. The molecular formula is C10H11FO2S. The van der Waals surface area contributed by atoms with Gasteiger partial charge in [-0.1, -0.05) is 19.9 Å². The molecule has 0 aliphatic carbocycles. The van der Waals surface area contributed by atoms with E-state index in [9.17, 15) is 9.18 Å². The Morgan fingerprint density at radius 1 is 1.57 bits per heavy atom. The quantitative estimate of drug-likeness (QED) is 0.785. The van der Waals surface area contributed by atoms with Gasteiger partial charge in [-0.2, -0.15) is 4.39 Å². The number of carboxylic acids is 1. The van der Waals surface area contributed by atoms with Crippen LogP contribution in [-0.4, -0.2) is 11.1 Å². The molecule has 0 atom stereocenters. The van der Waals surface area contributed by atoms with Gasteiger partial charge in [0, 0.05) is 10.5 Å². The van der Waals surface area contributed by atoms with E-state index in [0.29, 0.717) is 4.88 Å². The summed E-state index contributed by atoms with van der Waals surface area (Å²) in [6.07, 6.45) is 0. The Bertz CT molecular complexity index is 352. The fourth-order valence-electron chi connectivity index (χ4n) is 1.19. The summed E-state index contributed by atoms with van der Waals surface area (Å²) in [5, 5.41) is 10.4. The first kappa shape index (κ1) is 10.9. The van der Waals surface area contributed by atoms with E-state index in [1.54, 1.807) is 31.4 Å². The smallest absolute Gasteiger partial charge is 0.365 e. The lowest BCUT2D eigenvalue weighted by molar-refractivity contribution is -0.134. The summed E-state index contributed by atoms with van der Waals surface area (Å²) >= 11 is 1.34. The van der Waals surface area contributed by atoms with Gasteiger partial charge in [-0.25, -0.2) is 4.79 Å². The largest absolute Gasteiger partial charge is 0.476 e. The predicted octanol–water partition coefficient (Wildman–Crippen LogP) is 3.17. The number of halogens is 1. The van der Waals surface area contributed by atoms with E-state index in [1.165, 1.54) is 11.3 Å². The number of aliphatic carboxylic acids is 1. The lowest BCUT2D eigenvalue weighted by atomic mass is 10.0. The predicted molar refractivity (Wildman–Crippen MR) is 54.8 cm³/mol. The number of carbonyl (C=O) groups is 1. The van der Waals surface area contributed by atoms with Gasteiger partial charge in [0.25, 0.3) is 0 Å². The van der Waals surface area contributed by atoms with Crippen LogP contribution < -0.4 is 0 Å². The normalized spacial score (nSPS) is 12.9. The van der Waals surface area contributed by atoms with Gasteiger partial charge in [-0.3, -0.25) is 0 Å². The molecule has 0 saturated carbocycles. The van der Waals surface area contributed by atoms with Gasteiger partial charge in [-0.15, -0.1) is 11.3 Å². The molecule has 0 spiro atoms. The van der Waals surface area contributed by atoms with Crippen LogP contribution in [0.5, 0.6) is 0 Å². The van der Waals surface area contributed by atoms with Crippen molar-refractivity contribution in [3.8, 4) is 0 Å². The highest BCUT2D eigenvalue weighted by molar-refractivity contribution is 7.11. The van der Waals surface area contributed by atoms with Crippen molar-refractivity contribution in [1.82, 2.24) is 0 Å². The van der Waals surface area contributed by atoms with Crippen LogP contribution in [-0.2, 0) is 4.79 Å². The molecule has 4 heteroatoms. The summed E-state index contributed by atoms with van der Waals surface area (Å²) < 4.78 is 13.3. The Morgan fingerprint density at radius 2 is 2.21 bits per heavy atom. The van der Waals surface area contributed by atoms with E-state index < -0.39 is 11.8 Å². The lowest BCUT2D eigenvalue weighted by Crippen LogP contribution is -2.03. The molecule has 1 aromatic rings. The van der Waals surface area contributed by atoms with Crippen molar-refractivity contribution in [2.45, 2.75) is 13.8 Å². The summed E-state index contributed by atoms with van der Waals surface area (Å²) in [5.41, 5.74) is 0.271. The van der Waals surface area contributed by atoms with Gasteiger partial charge in [-0.05, 0) is 17.4 Å².